The minimum atomic E-state index is -0.443. The Morgan fingerprint density at radius 3 is 2.59 bits per heavy atom. The fourth-order valence-corrected chi connectivity index (χ4v) is 4.64. The molecule has 1 atom stereocenters. The summed E-state index contributed by atoms with van der Waals surface area (Å²) >= 11 is 3.45. The highest BCUT2D eigenvalue weighted by molar-refractivity contribution is 9.10. The van der Waals surface area contributed by atoms with Crippen LogP contribution in [0, 0.1) is 5.92 Å². The maximum atomic E-state index is 13.6. The van der Waals surface area contributed by atoms with Crippen LogP contribution in [0.1, 0.15) is 58.3 Å². The molecule has 0 aliphatic rings. The molecule has 0 bridgehead atoms. The molecule has 1 aromatic heterocycles. The number of ether oxygens (including phenoxy) is 1. The van der Waals surface area contributed by atoms with Crippen molar-refractivity contribution in [1.29, 1.82) is 0 Å². The van der Waals surface area contributed by atoms with Gasteiger partial charge in [0.2, 0.25) is 0 Å². The molecule has 3 aromatic rings. The first-order valence-electron chi connectivity index (χ1n) is 12.6. The number of esters is 1. The summed E-state index contributed by atoms with van der Waals surface area (Å²) < 4.78 is 7.25. The highest BCUT2D eigenvalue weighted by Gasteiger charge is 2.29. The Labute approximate surface area is 226 Å². The van der Waals surface area contributed by atoms with Crippen LogP contribution in [-0.4, -0.2) is 40.1 Å². The van der Waals surface area contributed by atoms with Gasteiger partial charge < -0.3 is 15.0 Å². The topological polar surface area (TPSA) is 93.5 Å². The quantitative estimate of drug-likeness (QED) is 0.279. The fraction of sp³-hybridized carbons (Fsp3) is 0.429. The van der Waals surface area contributed by atoms with Crippen molar-refractivity contribution in [2.75, 3.05) is 19.0 Å². The number of benzene rings is 2. The molecule has 1 heterocycles. The third kappa shape index (κ3) is 7.41. The lowest BCUT2D eigenvalue weighted by Gasteiger charge is -2.33. The van der Waals surface area contributed by atoms with E-state index in [1.165, 1.54) is 7.11 Å². The van der Waals surface area contributed by atoms with Crippen LogP contribution in [0.15, 0.2) is 57.8 Å². The predicted molar refractivity (Wildman–Crippen MR) is 150 cm³/mol. The van der Waals surface area contributed by atoms with E-state index >= 15 is 0 Å². The number of rotatable bonds is 11. The third-order valence-electron chi connectivity index (χ3n) is 6.23. The van der Waals surface area contributed by atoms with Gasteiger partial charge in [-0.1, -0.05) is 54.9 Å². The molecule has 2 amide bonds. The molecule has 3 rings (SSSR count). The molecule has 2 aromatic carbocycles. The van der Waals surface area contributed by atoms with Gasteiger partial charge in [-0.3, -0.25) is 14.2 Å². The summed E-state index contributed by atoms with van der Waals surface area (Å²) in [5.74, 6) is 0.567. The van der Waals surface area contributed by atoms with E-state index in [4.69, 9.17) is 9.72 Å². The molecule has 0 saturated heterocycles. The minimum absolute atomic E-state index is 0.180. The second-order valence-electron chi connectivity index (χ2n) is 9.36. The zero-order valence-electron chi connectivity index (χ0n) is 21.9. The number of nitrogens with zero attached hydrogens (tertiary/aromatic N) is 3. The number of carbonyl (C=O) groups is 2. The lowest BCUT2D eigenvalue weighted by molar-refractivity contribution is -0.140. The van der Waals surface area contributed by atoms with Crippen LogP contribution >= 0.6 is 15.9 Å². The van der Waals surface area contributed by atoms with E-state index in [1.807, 2.05) is 49.4 Å². The van der Waals surface area contributed by atoms with E-state index in [9.17, 15) is 14.4 Å². The number of methoxy groups -OCH3 is 1. The summed E-state index contributed by atoms with van der Waals surface area (Å²) in [6.45, 7) is 7.01. The molecular weight excluding hydrogens is 536 g/mol. The summed E-state index contributed by atoms with van der Waals surface area (Å²) in [4.78, 5) is 45.6. The van der Waals surface area contributed by atoms with Crippen molar-refractivity contribution in [2.24, 2.45) is 5.92 Å². The van der Waals surface area contributed by atoms with E-state index in [2.05, 4.69) is 35.1 Å². The van der Waals surface area contributed by atoms with Crippen LogP contribution in [0.3, 0.4) is 0 Å². The second-order valence-corrected chi connectivity index (χ2v) is 10.3. The first-order valence-corrected chi connectivity index (χ1v) is 13.4. The van der Waals surface area contributed by atoms with Crippen LogP contribution < -0.4 is 10.9 Å². The van der Waals surface area contributed by atoms with E-state index < -0.39 is 6.04 Å². The van der Waals surface area contributed by atoms with E-state index in [-0.39, 0.29) is 24.0 Å². The molecule has 0 saturated carbocycles. The fourth-order valence-electron chi connectivity index (χ4n) is 4.24. The molecular formula is C28H35BrN4O4. The van der Waals surface area contributed by atoms with Gasteiger partial charge in [0.05, 0.1) is 24.1 Å². The molecule has 0 aliphatic heterocycles. The van der Waals surface area contributed by atoms with Crippen LogP contribution in [0.5, 0.6) is 0 Å². The third-order valence-corrected chi connectivity index (χ3v) is 6.72. The molecule has 198 valence electrons. The van der Waals surface area contributed by atoms with Gasteiger partial charge in [0.1, 0.15) is 5.82 Å². The highest BCUT2D eigenvalue weighted by atomic mass is 79.9. The standard InChI is InChI=1S/C28H35BrN4O4/c1-5-24(32(17-15-19(2)3)28(36)30-21-11-8-10-20(29)18-21)26-31-23-13-7-6-12-22(23)27(35)33(26)16-9-14-25(34)37-4/h6-8,10-13,18-19,24H,5,9,14-17H2,1-4H3,(H,30,36). The Bertz CT molecular complexity index is 1290. The monoisotopic (exact) mass is 570 g/mol. The van der Waals surface area contributed by atoms with Crippen LogP contribution in [0.2, 0.25) is 0 Å². The van der Waals surface area contributed by atoms with Gasteiger partial charge in [-0.15, -0.1) is 0 Å². The van der Waals surface area contributed by atoms with Crippen molar-refractivity contribution in [2.45, 2.75) is 59.0 Å². The van der Waals surface area contributed by atoms with Gasteiger partial charge in [-0.2, -0.15) is 0 Å². The number of urea groups is 1. The average Bonchev–Trinajstić information content (AvgIpc) is 2.87. The molecule has 9 heteroatoms. The predicted octanol–water partition coefficient (Wildman–Crippen LogP) is 6.14. The number of fused-ring (bicyclic) bond motifs is 1. The van der Waals surface area contributed by atoms with E-state index in [0.29, 0.717) is 54.3 Å². The summed E-state index contributed by atoms with van der Waals surface area (Å²) in [7, 11) is 1.35. The van der Waals surface area contributed by atoms with Crippen molar-refractivity contribution in [3.05, 3.63) is 69.2 Å². The number of para-hydroxylation sites is 1. The lowest BCUT2D eigenvalue weighted by Crippen LogP contribution is -2.42. The molecule has 1 N–H and O–H groups in total. The minimum Gasteiger partial charge on any atom is -0.469 e. The zero-order chi connectivity index (χ0) is 26.9. The maximum absolute atomic E-state index is 13.6. The Kier molecular flexibility index (Phi) is 10.3. The van der Waals surface area contributed by atoms with Gasteiger partial charge >= 0.3 is 12.0 Å². The first-order chi connectivity index (χ1) is 17.7. The molecule has 0 aliphatic carbocycles. The van der Waals surface area contributed by atoms with Crippen molar-refractivity contribution < 1.29 is 14.3 Å². The van der Waals surface area contributed by atoms with E-state index in [1.54, 1.807) is 15.5 Å². The Morgan fingerprint density at radius 2 is 1.92 bits per heavy atom. The first kappa shape index (κ1) is 28.4. The smallest absolute Gasteiger partial charge is 0.322 e. The summed E-state index contributed by atoms with van der Waals surface area (Å²) in [5, 5.41) is 3.51. The molecule has 0 radical (unpaired) electrons. The van der Waals surface area contributed by atoms with Crippen molar-refractivity contribution in [3.63, 3.8) is 0 Å². The molecule has 0 spiro atoms. The SMILES string of the molecule is CCC(c1nc2ccccc2c(=O)n1CCCC(=O)OC)N(CCC(C)C)C(=O)Nc1cccc(Br)c1. The number of amides is 2. The van der Waals surface area contributed by atoms with Gasteiger partial charge in [0, 0.05) is 29.7 Å². The van der Waals surface area contributed by atoms with Gasteiger partial charge in [-0.25, -0.2) is 9.78 Å². The molecule has 0 fully saturated rings. The number of anilines is 1. The second kappa shape index (κ2) is 13.4. The Balaban J connectivity index is 2.06. The average molecular weight is 572 g/mol. The normalized spacial score (nSPS) is 11.9. The number of carbonyl (C=O) groups excluding carboxylic acids is 2. The maximum Gasteiger partial charge on any atom is 0.322 e. The van der Waals surface area contributed by atoms with E-state index in [0.717, 1.165) is 10.9 Å². The lowest BCUT2D eigenvalue weighted by atomic mass is 10.1. The van der Waals surface area contributed by atoms with Crippen molar-refractivity contribution in [3.8, 4) is 0 Å². The van der Waals surface area contributed by atoms with Gasteiger partial charge in [0.25, 0.3) is 5.56 Å². The zero-order valence-corrected chi connectivity index (χ0v) is 23.5. The van der Waals surface area contributed by atoms with Crippen molar-refractivity contribution in [1.82, 2.24) is 14.5 Å². The van der Waals surface area contributed by atoms with Gasteiger partial charge in [-0.05, 0) is 55.5 Å². The summed E-state index contributed by atoms with van der Waals surface area (Å²) in [5.41, 5.74) is 1.08. The largest absolute Gasteiger partial charge is 0.469 e. The number of hydrogen-bond acceptors (Lipinski definition) is 5. The van der Waals surface area contributed by atoms with Crippen molar-refractivity contribution >= 4 is 44.5 Å². The van der Waals surface area contributed by atoms with Crippen LogP contribution in [0.25, 0.3) is 10.9 Å². The number of aromatic nitrogens is 2. The van der Waals surface area contributed by atoms with Gasteiger partial charge in [0.15, 0.2) is 0 Å². The summed E-state index contributed by atoms with van der Waals surface area (Å²) in [6, 6.07) is 14.0. The molecule has 1 unspecified atom stereocenters. The number of hydrogen-bond donors (Lipinski definition) is 1. The molecule has 37 heavy (non-hydrogen) atoms. The highest BCUT2D eigenvalue weighted by Crippen LogP contribution is 2.27. The Hall–Kier alpha value is -3.20. The van der Waals surface area contributed by atoms with Crippen LogP contribution in [-0.2, 0) is 16.1 Å². The van der Waals surface area contributed by atoms with Crippen LogP contribution in [0.4, 0.5) is 10.5 Å². The Morgan fingerprint density at radius 1 is 1.16 bits per heavy atom. The number of halogens is 1. The number of nitrogens with one attached hydrogen (secondary N) is 1. The molecule has 8 nitrogen and oxygen atoms in total. The summed E-state index contributed by atoms with van der Waals surface area (Å²) in [6.07, 6.45) is 1.97.